The third kappa shape index (κ3) is 1.72. The molecule has 1 unspecified atom stereocenters. The molecule has 1 saturated heterocycles. The number of nitrogens with one attached hydrogen (secondary N) is 2. The molecule has 2 fully saturated rings. The van der Waals surface area contributed by atoms with Gasteiger partial charge in [0.15, 0.2) is 0 Å². The summed E-state index contributed by atoms with van der Waals surface area (Å²) in [7, 11) is 0. The minimum Gasteiger partial charge on any atom is -0.317 e. The molecule has 2 heterocycles. The van der Waals surface area contributed by atoms with Gasteiger partial charge in [-0.15, -0.1) is 5.10 Å². The molecular formula is C10H14N4OS. The standard InChI is InChI=1S/C10H14N4OS/c15-9(13-8-6-12-14-16-8)7-5-10(7)1-3-11-4-2-10/h6-7,11H,1-5H2,(H,13,15). The van der Waals surface area contributed by atoms with Gasteiger partial charge >= 0.3 is 0 Å². The lowest BCUT2D eigenvalue weighted by Crippen LogP contribution is -2.31. The van der Waals surface area contributed by atoms with Gasteiger partial charge in [0.2, 0.25) is 5.91 Å². The van der Waals surface area contributed by atoms with E-state index >= 15 is 0 Å². The summed E-state index contributed by atoms with van der Waals surface area (Å²) in [5.74, 6) is 0.352. The van der Waals surface area contributed by atoms with Crippen LogP contribution in [0.4, 0.5) is 5.00 Å². The van der Waals surface area contributed by atoms with Crippen LogP contribution < -0.4 is 10.6 Å². The maximum absolute atomic E-state index is 12.0. The van der Waals surface area contributed by atoms with Crippen LogP contribution >= 0.6 is 11.5 Å². The molecule has 0 bridgehead atoms. The molecule has 3 rings (SSSR count). The van der Waals surface area contributed by atoms with E-state index in [-0.39, 0.29) is 11.8 Å². The van der Waals surface area contributed by atoms with Gasteiger partial charge in [-0.2, -0.15) is 0 Å². The minimum atomic E-state index is 0.146. The van der Waals surface area contributed by atoms with Gasteiger partial charge in [0, 0.05) is 17.5 Å². The summed E-state index contributed by atoms with van der Waals surface area (Å²) in [4.78, 5) is 12.0. The first-order valence-corrected chi connectivity index (χ1v) is 6.36. The van der Waals surface area contributed by atoms with Crippen LogP contribution in [0.2, 0.25) is 0 Å². The molecule has 6 heteroatoms. The molecule has 2 N–H and O–H groups in total. The van der Waals surface area contributed by atoms with Gasteiger partial charge in [0.25, 0.3) is 0 Å². The maximum atomic E-state index is 12.0. The number of carbonyl (C=O) groups is 1. The van der Waals surface area contributed by atoms with E-state index in [0.717, 1.165) is 37.4 Å². The highest BCUT2D eigenvalue weighted by molar-refractivity contribution is 7.10. The SMILES string of the molecule is O=C(Nc1cnns1)C1CC12CCNCC2. The van der Waals surface area contributed by atoms with Crippen LogP contribution in [0.1, 0.15) is 19.3 Å². The van der Waals surface area contributed by atoms with Crippen molar-refractivity contribution in [2.24, 2.45) is 11.3 Å². The number of carbonyl (C=O) groups excluding carboxylic acids is 1. The average molecular weight is 238 g/mol. The van der Waals surface area contributed by atoms with Gasteiger partial charge in [-0.3, -0.25) is 4.79 Å². The number of nitrogens with zero attached hydrogens (tertiary/aromatic N) is 2. The van der Waals surface area contributed by atoms with Gasteiger partial charge in [0.1, 0.15) is 5.00 Å². The van der Waals surface area contributed by atoms with Crippen LogP contribution in [0.25, 0.3) is 0 Å². The van der Waals surface area contributed by atoms with Crippen molar-refractivity contribution in [3.8, 4) is 0 Å². The van der Waals surface area contributed by atoms with Crippen molar-refractivity contribution in [2.45, 2.75) is 19.3 Å². The Morgan fingerprint density at radius 1 is 1.56 bits per heavy atom. The monoisotopic (exact) mass is 238 g/mol. The molecular weight excluding hydrogens is 224 g/mol. The zero-order valence-corrected chi connectivity index (χ0v) is 9.72. The quantitative estimate of drug-likeness (QED) is 0.802. The number of hydrogen-bond acceptors (Lipinski definition) is 5. The first kappa shape index (κ1) is 10.2. The largest absolute Gasteiger partial charge is 0.317 e. The molecule has 1 aromatic rings. The van der Waals surface area contributed by atoms with Crippen LogP contribution in [0, 0.1) is 11.3 Å². The smallest absolute Gasteiger partial charge is 0.228 e. The average Bonchev–Trinajstić information content (AvgIpc) is 2.76. The minimum absolute atomic E-state index is 0.146. The Bertz CT molecular complexity index is 386. The van der Waals surface area contributed by atoms with Gasteiger partial charge in [-0.25, -0.2) is 0 Å². The Balaban J connectivity index is 1.61. The first-order valence-electron chi connectivity index (χ1n) is 5.59. The van der Waals surface area contributed by atoms with Crippen LogP contribution in [0.5, 0.6) is 0 Å². The van der Waals surface area contributed by atoms with Crippen molar-refractivity contribution in [3.63, 3.8) is 0 Å². The second-order valence-electron chi connectivity index (χ2n) is 4.64. The Morgan fingerprint density at radius 2 is 2.38 bits per heavy atom. The highest BCUT2D eigenvalue weighted by atomic mass is 32.1. The summed E-state index contributed by atoms with van der Waals surface area (Å²) in [5, 5.41) is 10.7. The van der Waals surface area contributed by atoms with E-state index < -0.39 is 0 Å². The molecule has 1 amide bonds. The van der Waals surface area contributed by atoms with Crippen LogP contribution in [-0.2, 0) is 4.79 Å². The topological polar surface area (TPSA) is 66.9 Å². The fourth-order valence-electron chi connectivity index (χ4n) is 2.63. The zero-order chi connectivity index (χ0) is 11.0. The van der Waals surface area contributed by atoms with Crippen molar-refractivity contribution >= 4 is 22.4 Å². The second kappa shape index (κ2) is 3.78. The summed E-state index contributed by atoms with van der Waals surface area (Å²) >= 11 is 1.23. The number of anilines is 1. The fourth-order valence-corrected chi connectivity index (χ4v) is 3.05. The number of rotatable bonds is 2. The zero-order valence-electron chi connectivity index (χ0n) is 8.90. The van der Waals surface area contributed by atoms with Gasteiger partial charge in [-0.05, 0) is 37.8 Å². The lowest BCUT2D eigenvalue weighted by molar-refractivity contribution is -0.118. The fraction of sp³-hybridized carbons (Fsp3) is 0.700. The molecule has 1 saturated carbocycles. The van der Waals surface area contributed by atoms with Crippen LogP contribution in [-0.4, -0.2) is 28.6 Å². The third-order valence-corrected chi connectivity index (χ3v) is 4.29. The van der Waals surface area contributed by atoms with E-state index in [9.17, 15) is 4.79 Å². The molecule has 1 aliphatic carbocycles. The Labute approximate surface area is 97.8 Å². The highest BCUT2D eigenvalue weighted by Crippen LogP contribution is 2.58. The van der Waals surface area contributed by atoms with E-state index in [1.165, 1.54) is 11.5 Å². The van der Waals surface area contributed by atoms with Crippen molar-refractivity contribution in [1.82, 2.24) is 14.9 Å². The van der Waals surface area contributed by atoms with E-state index in [1.54, 1.807) is 6.20 Å². The maximum Gasteiger partial charge on any atom is 0.228 e. The normalized spacial score (nSPS) is 26.6. The van der Waals surface area contributed by atoms with E-state index in [1.807, 2.05) is 0 Å². The molecule has 1 aromatic heterocycles. The summed E-state index contributed by atoms with van der Waals surface area (Å²) in [6.07, 6.45) is 4.91. The summed E-state index contributed by atoms with van der Waals surface area (Å²) < 4.78 is 3.73. The van der Waals surface area contributed by atoms with Crippen LogP contribution in [0.3, 0.4) is 0 Å². The second-order valence-corrected chi connectivity index (χ2v) is 5.43. The molecule has 86 valence electrons. The Kier molecular flexibility index (Phi) is 2.40. The summed E-state index contributed by atoms with van der Waals surface area (Å²) in [5.41, 5.74) is 0.299. The predicted octanol–water partition coefficient (Wildman–Crippen LogP) is 0.866. The number of amides is 1. The Morgan fingerprint density at radius 3 is 3.06 bits per heavy atom. The number of piperidine rings is 1. The van der Waals surface area contributed by atoms with Crippen molar-refractivity contribution in [3.05, 3.63) is 6.20 Å². The molecule has 2 aliphatic rings. The third-order valence-electron chi connectivity index (χ3n) is 3.71. The van der Waals surface area contributed by atoms with Gasteiger partial charge in [0.05, 0.1) is 6.20 Å². The van der Waals surface area contributed by atoms with Gasteiger partial charge in [-0.1, -0.05) is 4.49 Å². The number of aromatic nitrogens is 2. The lowest BCUT2D eigenvalue weighted by atomic mass is 9.92. The summed E-state index contributed by atoms with van der Waals surface area (Å²) in [6, 6.07) is 0. The molecule has 5 nitrogen and oxygen atoms in total. The molecule has 0 radical (unpaired) electrons. The lowest BCUT2D eigenvalue weighted by Gasteiger charge is -2.22. The van der Waals surface area contributed by atoms with E-state index in [4.69, 9.17) is 0 Å². The molecule has 1 aliphatic heterocycles. The molecule has 1 atom stereocenters. The summed E-state index contributed by atoms with van der Waals surface area (Å²) in [6.45, 7) is 2.10. The molecule has 16 heavy (non-hydrogen) atoms. The van der Waals surface area contributed by atoms with Crippen molar-refractivity contribution in [2.75, 3.05) is 18.4 Å². The van der Waals surface area contributed by atoms with Crippen molar-refractivity contribution in [1.29, 1.82) is 0 Å². The predicted molar refractivity (Wildman–Crippen MR) is 61.2 cm³/mol. The number of hydrogen-bond donors (Lipinski definition) is 2. The van der Waals surface area contributed by atoms with Gasteiger partial charge < -0.3 is 10.6 Å². The first-order chi connectivity index (χ1) is 7.80. The molecule has 1 spiro atoms. The Hall–Kier alpha value is -1.01. The highest BCUT2D eigenvalue weighted by Gasteiger charge is 2.57. The van der Waals surface area contributed by atoms with E-state index in [0.29, 0.717) is 5.41 Å². The molecule has 0 aromatic carbocycles. The van der Waals surface area contributed by atoms with E-state index in [2.05, 4.69) is 20.2 Å². The van der Waals surface area contributed by atoms with Crippen molar-refractivity contribution < 1.29 is 4.79 Å². The van der Waals surface area contributed by atoms with Crippen LogP contribution in [0.15, 0.2) is 6.20 Å².